The van der Waals surface area contributed by atoms with Crippen LogP contribution in [0.2, 0.25) is 0 Å². The first kappa shape index (κ1) is 35.2. The second-order valence-corrected chi connectivity index (χ2v) is 11.7. The number of amides is 2. The van der Waals surface area contributed by atoms with Gasteiger partial charge in [0, 0.05) is 6.04 Å². The highest BCUT2D eigenvalue weighted by molar-refractivity contribution is 5.91. The Kier molecular flexibility index (Phi) is 13.4. The van der Waals surface area contributed by atoms with E-state index < -0.39 is 48.6 Å². The summed E-state index contributed by atoms with van der Waals surface area (Å²) >= 11 is 0. The Balaban J connectivity index is 1.74. The molecule has 0 aromatic heterocycles. The highest BCUT2D eigenvalue weighted by Crippen LogP contribution is 2.29. The molecule has 0 aliphatic heterocycles. The third-order valence-corrected chi connectivity index (χ3v) is 8.47. The first-order valence-electron chi connectivity index (χ1n) is 16.3. The van der Waals surface area contributed by atoms with Crippen LogP contribution >= 0.6 is 0 Å². The van der Waals surface area contributed by atoms with Gasteiger partial charge in [0.25, 0.3) is 0 Å². The van der Waals surface area contributed by atoms with Crippen molar-refractivity contribution >= 4 is 23.9 Å². The van der Waals surface area contributed by atoms with Gasteiger partial charge in [0.1, 0.15) is 25.2 Å². The predicted molar refractivity (Wildman–Crippen MR) is 177 cm³/mol. The van der Waals surface area contributed by atoms with E-state index in [9.17, 15) is 24.3 Å². The van der Waals surface area contributed by atoms with Crippen molar-refractivity contribution in [2.75, 3.05) is 19.7 Å². The first-order valence-corrected chi connectivity index (χ1v) is 16.3. The van der Waals surface area contributed by atoms with Crippen LogP contribution < -0.4 is 5.73 Å². The van der Waals surface area contributed by atoms with Crippen LogP contribution in [0.1, 0.15) is 54.9 Å². The largest absolute Gasteiger partial charge is 0.480 e. The summed E-state index contributed by atoms with van der Waals surface area (Å²) in [6.07, 6.45) is 1.90. The minimum Gasteiger partial charge on any atom is -0.480 e. The van der Waals surface area contributed by atoms with Crippen LogP contribution in [0.15, 0.2) is 84.9 Å². The summed E-state index contributed by atoms with van der Waals surface area (Å²) in [6.45, 7) is 1.49. The van der Waals surface area contributed by atoms with Crippen LogP contribution in [-0.4, -0.2) is 76.7 Å². The molecule has 10 heteroatoms. The first-order chi connectivity index (χ1) is 22.8. The number of aryl methyl sites for hydroxylation is 1. The molecule has 10 nitrogen and oxygen atoms in total. The number of carbonyl (C=O) groups excluding carboxylic acids is 3. The molecule has 0 saturated heterocycles. The monoisotopic (exact) mass is 643 g/mol. The van der Waals surface area contributed by atoms with Crippen molar-refractivity contribution in [1.29, 1.82) is 0 Å². The van der Waals surface area contributed by atoms with Crippen LogP contribution in [0, 0.1) is 0 Å². The fourth-order valence-electron chi connectivity index (χ4n) is 6.17. The molecule has 0 heterocycles. The lowest BCUT2D eigenvalue weighted by Gasteiger charge is -2.39. The second-order valence-electron chi connectivity index (χ2n) is 11.7. The van der Waals surface area contributed by atoms with Gasteiger partial charge in [-0.2, -0.15) is 0 Å². The molecule has 4 rings (SSSR count). The number of hydrogen-bond acceptors (Lipinski definition) is 7. The number of esters is 1. The Morgan fingerprint density at radius 1 is 0.809 bits per heavy atom. The Morgan fingerprint density at radius 2 is 1.40 bits per heavy atom. The average Bonchev–Trinajstić information content (AvgIpc) is 3.52. The van der Waals surface area contributed by atoms with Gasteiger partial charge in [-0.3, -0.25) is 14.5 Å². The number of benzene rings is 3. The van der Waals surface area contributed by atoms with Gasteiger partial charge in [-0.1, -0.05) is 84.9 Å². The molecule has 0 saturated carbocycles. The quantitative estimate of drug-likeness (QED) is 0.159. The van der Waals surface area contributed by atoms with Gasteiger partial charge >= 0.3 is 18.0 Å². The van der Waals surface area contributed by atoms with Gasteiger partial charge in [-0.25, -0.2) is 9.59 Å². The summed E-state index contributed by atoms with van der Waals surface area (Å²) in [7, 11) is 0. The summed E-state index contributed by atoms with van der Waals surface area (Å²) in [6, 6.07) is 23.6. The number of carbonyl (C=O) groups is 4. The van der Waals surface area contributed by atoms with E-state index in [1.807, 2.05) is 84.9 Å². The lowest BCUT2D eigenvalue weighted by Crippen LogP contribution is -2.59. The van der Waals surface area contributed by atoms with Gasteiger partial charge in [0.05, 0.1) is 6.61 Å². The second kappa shape index (κ2) is 17.9. The number of nitrogens with two attached hydrogens (primary N) is 1. The highest BCUT2D eigenvalue weighted by Gasteiger charge is 2.44. The van der Waals surface area contributed by atoms with Crippen molar-refractivity contribution in [3.63, 3.8) is 0 Å². The maximum Gasteiger partial charge on any atom is 0.411 e. The molecule has 0 spiro atoms. The van der Waals surface area contributed by atoms with E-state index in [4.69, 9.17) is 15.2 Å². The fraction of sp³-hybridized carbons (Fsp3) is 0.405. The Hall–Kier alpha value is -4.70. The molecule has 0 radical (unpaired) electrons. The van der Waals surface area contributed by atoms with E-state index in [2.05, 4.69) is 0 Å². The summed E-state index contributed by atoms with van der Waals surface area (Å²) in [5.74, 6) is -2.37. The van der Waals surface area contributed by atoms with Crippen molar-refractivity contribution in [2.24, 2.45) is 5.73 Å². The maximum absolute atomic E-state index is 14.7. The average molecular weight is 644 g/mol. The lowest BCUT2D eigenvalue weighted by molar-refractivity contribution is -0.155. The molecule has 47 heavy (non-hydrogen) atoms. The topological polar surface area (TPSA) is 139 Å². The number of fused-ring (bicyclic) bond motifs is 1. The van der Waals surface area contributed by atoms with Crippen molar-refractivity contribution in [2.45, 2.75) is 76.6 Å². The van der Waals surface area contributed by atoms with Crippen LogP contribution in [0.5, 0.6) is 0 Å². The van der Waals surface area contributed by atoms with Crippen molar-refractivity contribution in [1.82, 2.24) is 9.80 Å². The van der Waals surface area contributed by atoms with Gasteiger partial charge in [-0.05, 0) is 80.7 Å². The molecular formula is C37H45N3O7. The molecule has 3 N–H and O–H groups in total. The number of hydrogen-bond donors (Lipinski definition) is 2. The van der Waals surface area contributed by atoms with E-state index in [1.54, 1.807) is 6.92 Å². The van der Waals surface area contributed by atoms with Gasteiger partial charge in [-0.15, -0.1) is 0 Å². The Bertz CT molecular complexity index is 1440. The van der Waals surface area contributed by atoms with Crippen LogP contribution in [0.3, 0.4) is 0 Å². The molecular weight excluding hydrogens is 598 g/mol. The van der Waals surface area contributed by atoms with E-state index in [0.717, 1.165) is 22.3 Å². The molecule has 2 atom stereocenters. The Labute approximate surface area is 276 Å². The Morgan fingerprint density at radius 3 is 1.98 bits per heavy atom. The van der Waals surface area contributed by atoms with Crippen LogP contribution in [0.25, 0.3) is 0 Å². The van der Waals surface area contributed by atoms with Gasteiger partial charge in [0.15, 0.2) is 0 Å². The number of ether oxygens (including phenoxy) is 2. The van der Waals surface area contributed by atoms with Gasteiger partial charge < -0.3 is 25.2 Å². The van der Waals surface area contributed by atoms with Crippen LogP contribution in [-0.2, 0) is 49.7 Å². The molecule has 1 aliphatic rings. The highest BCUT2D eigenvalue weighted by atomic mass is 16.6. The van der Waals surface area contributed by atoms with Crippen molar-refractivity contribution < 1.29 is 33.8 Å². The van der Waals surface area contributed by atoms with E-state index in [-0.39, 0.29) is 26.1 Å². The number of aliphatic carboxylic acids is 1. The van der Waals surface area contributed by atoms with Crippen molar-refractivity contribution in [3.05, 3.63) is 107 Å². The SMILES string of the molecule is CCOC(=O)C(CCc1ccccc1)N(C(=O)OCc1ccccc1)[C@@H](CCCCN)C(=O)N(CC(=O)O)C1Cc2ccccc2C1. The summed E-state index contributed by atoms with van der Waals surface area (Å²) in [5.41, 5.74) is 9.60. The molecule has 0 bridgehead atoms. The number of carboxylic acid groups (broad SMARTS) is 1. The molecule has 2 amide bonds. The summed E-state index contributed by atoms with van der Waals surface area (Å²) in [4.78, 5) is 57.3. The summed E-state index contributed by atoms with van der Waals surface area (Å²) in [5, 5.41) is 9.95. The lowest BCUT2D eigenvalue weighted by atomic mass is 9.99. The summed E-state index contributed by atoms with van der Waals surface area (Å²) < 4.78 is 11.3. The molecule has 250 valence electrons. The third-order valence-electron chi connectivity index (χ3n) is 8.47. The molecule has 3 aromatic rings. The number of unbranched alkanes of at least 4 members (excludes halogenated alkanes) is 1. The van der Waals surface area contributed by atoms with E-state index in [0.29, 0.717) is 38.6 Å². The minimum absolute atomic E-state index is 0.0742. The molecule has 0 fully saturated rings. The smallest absolute Gasteiger partial charge is 0.411 e. The van der Waals surface area contributed by atoms with Crippen molar-refractivity contribution in [3.8, 4) is 0 Å². The zero-order valence-corrected chi connectivity index (χ0v) is 27.0. The molecule has 1 unspecified atom stereocenters. The van der Waals surface area contributed by atoms with E-state index >= 15 is 0 Å². The fourth-order valence-corrected chi connectivity index (χ4v) is 6.17. The predicted octanol–water partition coefficient (Wildman–Crippen LogP) is 4.77. The normalized spacial score (nSPS) is 13.7. The van der Waals surface area contributed by atoms with Crippen LogP contribution in [0.4, 0.5) is 4.79 Å². The third kappa shape index (κ3) is 9.89. The number of nitrogens with zero attached hydrogens (tertiary/aromatic N) is 2. The number of rotatable bonds is 17. The maximum atomic E-state index is 14.7. The van der Waals surface area contributed by atoms with Gasteiger partial charge in [0.2, 0.25) is 5.91 Å². The zero-order valence-electron chi connectivity index (χ0n) is 27.0. The minimum atomic E-state index is -1.20. The standard InChI is InChI=1S/C37H45N3O7/c1-2-46-36(44)33(21-20-27-13-5-3-6-14-27)40(37(45)47-26-28-15-7-4-8-16-28)32(19-11-12-22-38)35(43)39(25-34(41)42)31-23-29-17-9-10-18-30(29)24-31/h3-10,13-18,31-33H,2,11-12,19-26,38H2,1H3,(H,41,42)/t32-,33?/m0/s1. The molecule has 1 aliphatic carbocycles. The van der Waals surface area contributed by atoms with E-state index in [1.165, 1.54) is 9.80 Å². The zero-order chi connectivity index (χ0) is 33.6. The molecule has 3 aromatic carbocycles. The number of carboxylic acids is 1.